The number of ether oxygens (including phenoxy) is 1. The number of para-hydroxylation sites is 1. The van der Waals surface area contributed by atoms with Crippen LogP contribution < -0.4 is 15.0 Å². The molecule has 2 amide bonds. The maximum atomic E-state index is 12.5. The zero-order valence-electron chi connectivity index (χ0n) is 14.0. The molecule has 0 bridgehead atoms. The van der Waals surface area contributed by atoms with Crippen molar-refractivity contribution in [3.05, 3.63) is 53.6 Å². The molecule has 0 spiro atoms. The van der Waals surface area contributed by atoms with Crippen molar-refractivity contribution >= 4 is 29.5 Å². The number of carbonyl (C=O) groups is 3. The summed E-state index contributed by atoms with van der Waals surface area (Å²) in [6, 6.07) is 12.2. The van der Waals surface area contributed by atoms with Crippen LogP contribution in [0.3, 0.4) is 0 Å². The third-order valence-corrected chi connectivity index (χ3v) is 4.05. The summed E-state index contributed by atoms with van der Waals surface area (Å²) in [6.07, 6.45) is -0.00480. The van der Waals surface area contributed by atoms with Crippen LogP contribution in [0.1, 0.15) is 22.8 Å². The van der Waals surface area contributed by atoms with Gasteiger partial charge in [0.2, 0.25) is 5.91 Å². The van der Waals surface area contributed by atoms with E-state index in [1.165, 1.54) is 4.90 Å². The number of aryl methyl sites for hydroxylation is 1. The maximum Gasteiger partial charge on any atom is 0.268 e. The highest BCUT2D eigenvalue weighted by atomic mass is 16.5. The van der Waals surface area contributed by atoms with Gasteiger partial charge in [0, 0.05) is 11.3 Å². The number of carbonyl (C=O) groups excluding carboxylic acids is 3. The van der Waals surface area contributed by atoms with Gasteiger partial charge in [-0.1, -0.05) is 18.2 Å². The summed E-state index contributed by atoms with van der Waals surface area (Å²) in [7, 11) is 0. The topological polar surface area (TPSA) is 75.7 Å². The monoisotopic (exact) mass is 338 g/mol. The first-order valence-electron chi connectivity index (χ1n) is 7.92. The predicted molar refractivity (Wildman–Crippen MR) is 94.1 cm³/mol. The molecule has 6 nitrogen and oxygen atoms in total. The summed E-state index contributed by atoms with van der Waals surface area (Å²) in [5.41, 5.74) is 2.46. The molecule has 2 aromatic carbocycles. The van der Waals surface area contributed by atoms with Gasteiger partial charge in [-0.2, -0.15) is 0 Å². The minimum absolute atomic E-state index is 0.157. The van der Waals surface area contributed by atoms with Gasteiger partial charge in [0.15, 0.2) is 6.10 Å². The van der Waals surface area contributed by atoms with E-state index in [-0.39, 0.29) is 18.4 Å². The first-order valence-corrected chi connectivity index (χ1v) is 7.92. The molecule has 25 heavy (non-hydrogen) atoms. The number of hydrogen-bond acceptors (Lipinski definition) is 4. The fourth-order valence-electron chi connectivity index (χ4n) is 2.71. The molecule has 0 aliphatic carbocycles. The van der Waals surface area contributed by atoms with Crippen LogP contribution in [0, 0.1) is 6.92 Å². The van der Waals surface area contributed by atoms with Crippen LogP contribution in [0.5, 0.6) is 5.75 Å². The number of nitrogens with zero attached hydrogens (tertiary/aromatic N) is 1. The van der Waals surface area contributed by atoms with Crippen molar-refractivity contribution in [3.63, 3.8) is 0 Å². The van der Waals surface area contributed by atoms with Crippen LogP contribution in [-0.2, 0) is 9.59 Å². The van der Waals surface area contributed by atoms with E-state index in [2.05, 4.69) is 5.32 Å². The van der Waals surface area contributed by atoms with Gasteiger partial charge in [0.05, 0.1) is 5.69 Å². The van der Waals surface area contributed by atoms with E-state index in [0.29, 0.717) is 29.0 Å². The number of aldehydes is 1. The lowest BCUT2D eigenvalue weighted by atomic mass is 10.1. The van der Waals surface area contributed by atoms with Gasteiger partial charge in [-0.05, 0) is 43.7 Å². The highest BCUT2D eigenvalue weighted by molar-refractivity contribution is 6.06. The van der Waals surface area contributed by atoms with Crippen molar-refractivity contribution < 1.29 is 19.1 Å². The lowest BCUT2D eigenvalue weighted by Gasteiger charge is -2.32. The summed E-state index contributed by atoms with van der Waals surface area (Å²) >= 11 is 0. The largest absolute Gasteiger partial charge is 0.479 e. The third-order valence-electron chi connectivity index (χ3n) is 4.05. The molecule has 1 aliphatic rings. The highest BCUT2D eigenvalue weighted by Gasteiger charge is 2.33. The van der Waals surface area contributed by atoms with Crippen LogP contribution >= 0.6 is 0 Å². The Labute approximate surface area is 145 Å². The number of anilines is 2. The fourth-order valence-corrected chi connectivity index (χ4v) is 2.71. The minimum Gasteiger partial charge on any atom is -0.479 e. The molecule has 0 saturated carbocycles. The first kappa shape index (κ1) is 16.7. The molecule has 6 heteroatoms. The lowest BCUT2D eigenvalue weighted by molar-refractivity contribution is -0.127. The SMILES string of the molecule is Cc1ccccc1NC(=O)CN1C(=O)C(C)Oc2ccc(C=O)cc21. The Balaban J connectivity index is 1.86. The Hall–Kier alpha value is -3.15. The highest BCUT2D eigenvalue weighted by Crippen LogP contribution is 2.34. The number of fused-ring (bicyclic) bond motifs is 1. The predicted octanol–water partition coefficient (Wildman–Crippen LogP) is 2.56. The smallest absolute Gasteiger partial charge is 0.268 e. The van der Waals surface area contributed by atoms with Crippen molar-refractivity contribution in [2.24, 2.45) is 0 Å². The average molecular weight is 338 g/mol. The average Bonchev–Trinajstić information content (AvgIpc) is 2.60. The van der Waals surface area contributed by atoms with E-state index < -0.39 is 6.10 Å². The Morgan fingerprint density at radius 3 is 2.76 bits per heavy atom. The van der Waals surface area contributed by atoms with Crippen LogP contribution in [0.25, 0.3) is 0 Å². The summed E-state index contributed by atoms with van der Waals surface area (Å²) in [5, 5.41) is 2.81. The Morgan fingerprint density at radius 2 is 2.04 bits per heavy atom. The van der Waals surface area contributed by atoms with Crippen molar-refractivity contribution in [2.75, 3.05) is 16.8 Å². The van der Waals surface area contributed by atoms with Crippen molar-refractivity contribution in [1.82, 2.24) is 0 Å². The lowest BCUT2D eigenvalue weighted by Crippen LogP contribution is -2.47. The molecule has 1 unspecified atom stereocenters. The molecule has 3 rings (SSSR count). The van der Waals surface area contributed by atoms with Gasteiger partial charge in [0.1, 0.15) is 18.6 Å². The maximum absolute atomic E-state index is 12.5. The summed E-state index contributed by atoms with van der Waals surface area (Å²) < 4.78 is 5.55. The number of benzene rings is 2. The second-order valence-corrected chi connectivity index (χ2v) is 5.89. The Kier molecular flexibility index (Phi) is 4.52. The molecule has 0 radical (unpaired) electrons. The molecule has 128 valence electrons. The van der Waals surface area contributed by atoms with Crippen LogP contribution in [-0.4, -0.2) is 30.7 Å². The van der Waals surface area contributed by atoms with E-state index in [9.17, 15) is 14.4 Å². The van der Waals surface area contributed by atoms with Gasteiger partial charge in [-0.15, -0.1) is 0 Å². The van der Waals surface area contributed by atoms with Crippen LogP contribution in [0.15, 0.2) is 42.5 Å². The molecular weight excluding hydrogens is 320 g/mol. The van der Waals surface area contributed by atoms with E-state index in [1.807, 2.05) is 25.1 Å². The van der Waals surface area contributed by atoms with Gasteiger partial charge >= 0.3 is 0 Å². The molecule has 1 atom stereocenters. The van der Waals surface area contributed by atoms with E-state index in [1.54, 1.807) is 31.2 Å². The second-order valence-electron chi connectivity index (χ2n) is 5.89. The molecule has 1 heterocycles. The standard InChI is InChI=1S/C19H18N2O4/c1-12-5-3-4-6-15(12)20-18(23)10-21-16-9-14(11-22)7-8-17(16)25-13(2)19(21)24/h3-9,11,13H,10H2,1-2H3,(H,20,23). The minimum atomic E-state index is -0.694. The Bertz CT molecular complexity index is 847. The molecule has 0 saturated heterocycles. The quantitative estimate of drug-likeness (QED) is 0.870. The summed E-state index contributed by atoms with van der Waals surface area (Å²) in [5.74, 6) is -0.170. The van der Waals surface area contributed by atoms with Gasteiger partial charge in [0.25, 0.3) is 5.91 Å². The van der Waals surface area contributed by atoms with Gasteiger partial charge in [-0.3, -0.25) is 19.3 Å². The van der Waals surface area contributed by atoms with Gasteiger partial charge in [-0.25, -0.2) is 0 Å². The van der Waals surface area contributed by atoms with Crippen molar-refractivity contribution in [1.29, 1.82) is 0 Å². The van der Waals surface area contributed by atoms with E-state index in [4.69, 9.17) is 4.74 Å². The number of nitrogens with one attached hydrogen (secondary N) is 1. The Morgan fingerprint density at radius 1 is 1.28 bits per heavy atom. The molecule has 2 aromatic rings. The normalized spacial score (nSPS) is 16.0. The number of rotatable bonds is 4. The summed E-state index contributed by atoms with van der Waals surface area (Å²) in [6.45, 7) is 3.37. The molecule has 1 aliphatic heterocycles. The van der Waals surface area contributed by atoms with Crippen LogP contribution in [0.4, 0.5) is 11.4 Å². The fraction of sp³-hybridized carbons (Fsp3) is 0.211. The molecule has 0 aromatic heterocycles. The molecular formula is C19H18N2O4. The van der Waals surface area contributed by atoms with E-state index >= 15 is 0 Å². The van der Waals surface area contributed by atoms with E-state index in [0.717, 1.165) is 5.56 Å². The molecule has 0 fully saturated rings. The second kappa shape index (κ2) is 6.76. The number of amides is 2. The van der Waals surface area contributed by atoms with Crippen LogP contribution in [0.2, 0.25) is 0 Å². The van der Waals surface area contributed by atoms with Gasteiger partial charge < -0.3 is 10.1 Å². The third kappa shape index (κ3) is 3.38. The summed E-state index contributed by atoms with van der Waals surface area (Å²) in [4.78, 5) is 37.3. The van der Waals surface area contributed by atoms with Crippen molar-refractivity contribution in [3.8, 4) is 5.75 Å². The number of hydrogen-bond donors (Lipinski definition) is 1. The zero-order valence-corrected chi connectivity index (χ0v) is 14.0. The zero-order chi connectivity index (χ0) is 18.0. The van der Waals surface area contributed by atoms with Crippen molar-refractivity contribution in [2.45, 2.75) is 20.0 Å². The first-order chi connectivity index (χ1) is 12.0. The molecule has 1 N–H and O–H groups in total.